The van der Waals surface area contributed by atoms with E-state index in [1.807, 2.05) is 35.2 Å². The number of rotatable bonds is 5. The maximum absolute atomic E-state index is 13.2. The first-order valence-corrected chi connectivity index (χ1v) is 13.8. The van der Waals surface area contributed by atoms with Gasteiger partial charge in [0, 0.05) is 64.8 Å². The fourth-order valence-corrected chi connectivity index (χ4v) is 5.43. The Morgan fingerprint density at radius 3 is 2.46 bits per heavy atom. The molecule has 0 aliphatic carbocycles. The van der Waals surface area contributed by atoms with E-state index in [9.17, 15) is 9.59 Å². The maximum atomic E-state index is 13.2. The van der Waals surface area contributed by atoms with E-state index in [1.54, 1.807) is 43.6 Å². The first-order valence-electron chi connectivity index (χ1n) is 13.1. The normalized spacial score (nSPS) is 14.5. The van der Waals surface area contributed by atoms with Crippen molar-refractivity contribution in [3.05, 3.63) is 88.0 Å². The Kier molecular flexibility index (Phi) is 7.38. The minimum absolute atomic E-state index is 0.0250. The molecule has 3 aromatic carbocycles. The van der Waals surface area contributed by atoms with Gasteiger partial charge in [0.25, 0.3) is 5.91 Å². The molecule has 2 aliphatic rings. The number of aromatic nitrogens is 2. The lowest BCUT2D eigenvalue weighted by Crippen LogP contribution is -2.48. The number of ether oxygens (including phenoxy) is 1. The number of fused-ring (bicyclic) bond motifs is 3. The molecule has 0 bridgehead atoms. The van der Waals surface area contributed by atoms with Crippen molar-refractivity contribution in [1.29, 1.82) is 0 Å². The summed E-state index contributed by atoms with van der Waals surface area (Å²) in [4.78, 5) is 38.7. The molecular weight excluding hydrogens is 563 g/mol. The number of amides is 2. The van der Waals surface area contributed by atoms with Crippen LogP contribution in [0.25, 0.3) is 11.3 Å². The molecule has 2 aliphatic heterocycles. The molecule has 1 aromatic heterocycles. The second-order valence-corrected chi connectivity index (χ2v) is 10.7. The molecule has 1 saturated heterocycles. The molecule has 2 N–H and O–H groups in total. The van der Waals surface area contributed by atoms with Crippen LogP contribution in [0.1, 0.15) is 15.9 Å². The average molecular weight is 589 g/mol. The zero-order valence-electron chi connectivity index (χ0n) is 22.2. The smallest absolute Gasteiger partial charge is 0.253 e. The highest BCUT2D eigenvalue weighted by Crippen LogP contribution is 2.35. The largest absolute Gasteiger partial charge is 0.495 e. The number of halogens is 2. The molecule has 0 radical (unpaired) electrons. The number of carbonyl (C=O) groups is 2. The van der Waals surface area contributed by atoms with E-state index in [1.165, 1.54) is 0 Å². The van der Waals surface area contributed by atoms with E-state index in [2.05, 4.69) is 20.5 Å². The van der Waals surface area contributed by atoms with Crippen molar-refractivity contribution in [3.8, 4) is 17.0 Å². The number of benzene rings is 3. The SMILES string of the molecule is COc1ccc(Cl)cc1N1CCN(C(=O)c2ccc(Nc3ncc4c(n3)-c3ccc(Cl)cc3NC(=O)C4)cc2)CC1. The van der Waals surface area contributed by atoms with Gasteiger partial charge in [-0.25, -0.2) is 9.97 Å². The molecule has 0 spiro atoms. The summed E-state index contributed by atoms with van der Waals surface area (Å²) in [5.74, 6) is 0.963. The van der Waals surface area contributed by atoms with Gasteiger partial charge in [0.15, 0.2) is 0 Å². The molecule has 9 nitrogen and oxygen atoms in total. The number of nitrogens with one attached hydrogen (secondary N) is 2. The maximum Gasteiger partial charge on any atom is 0.253 e. The Morgan fingerprint density at radius 2 is 1.71 bits per heavy atom. The monoisotopic (exact) mass is 588 g/mol. The zero-order valence-corrected chi connectivity index (χ0v) is 23.7. The highest BCUT2D eigenvalue weighted by Gasteiger charge is 2.25. The molecule has 0 atom stereocenters. The van der Waals surface area contributed by atoms with Gasteiger partial charge in [0.2, 0.25) is 11.9 Å². The fraction of sp³-hybridized carbons (Fsp3) is 0.200. The van der Waals surface area contributed by atoms with Gasteiger partial charge in [0.1, 0.15) is 5.75 Å². The van der Waals surface area contributed by atoms with Gasteiger partial charge in [-0.15, -0.1) is 0 Å². The number of piperazine rings is 1. The molecule has 2 amide bonds. The minimum Gasteiger partial charge on any atom is -0.495 e. The van der Waals surface area contributed by atoms with Crippen LogP contribution in [0.4, 0.5) is 23.0 Å². The second-order valence-electron chi connectivity index (χ2n) is 9.78. The van der Waals surface area contributed by atoms with Crippen LogP contribution in [0.15, 0.2) is 66.9 Å². The predicted octanol–water partition coefficient (Wildman–Crippen LogP) is 5.66. The summed E-state index contributed by atoms with van der Waals surface area (Å²) in [6, 6.07) is 18.1. The summed E-state index contributed by atoms with van der Waals surface area (Å²) in [7, 11) is 1.64. The van der Waals surface area contributed by atoms with Gasteiger partial charge in [-0.1, -0.05) is 23.2 Å². The molecule has 4 aromatic rings. The molecule has 0 unspecified atom stereocenters. The van der Waals surface area contributed by atoms with Gasteiger partial charge in [-0.05, 0) is 60.7 Å². The van der Waals surface area contributed by atoms with Crippen molar-refractivity contribution in [2.75, 3.05) is 48.8 Å². The molecule has 1 fully saturated rings. The lowest BCUT2D eigenvalue weighted by molar-refractivity contribution is -0.115. The number of hydrogen-bond acceptors (Lipinski definition) is 7. The molecule has 6 rings (SSSR count). The third-order valence-electron chi connectivity index (χ3n) is 7.16. The van der Waals surface area contributed by atoms with Crippen LogP contribution >= 0.6 is 23.2 Å². The summed E-state index contributed by atoms with van der Waals surface area (Å²) in [5, 5.41) is 7.26. The highest BCUT2D eigenvalue weighted by atomic mass is 35.5. The summed E-state index contributed by atoms with van der Waals surface area (Å²) in [5.41, 5.74) is 5.04. The standard InChI is InChI=1S/C30H26Cl2N6O3/c1-41-26-9-5-21(32)16-25(26)37-10-12-38(13-11-37)29(40)18-2-6-22(7-3-18)34-30-33-17-19-14-27(39)35-24-15-20(31)4-8-23(24)28(19)36-30/h2-9,15-17H,10-14H2,1H3,(H,35,39)(H,33,34,36). The lowest BCUT2D eigenvalue weighted by atomic mass is 10.1. The third-order valence-corrected chi connectivity index (χ3v) is 7.63. The van der Waals surface area contributed by atoms with Gasteiger partial charge in [-0.2, -0.15) is 0 Å². The lowest BCUT2D eigenvalue weighted by Gasteiger charge is -2.36. The molecule has 41 heavy (non-hydrogen) atoms. The zero-order chi connectivity index (χ0) is 28.5. The van der Waals surface area contributed by atoms with Crippen LogP contribution < -0.4 is 20.3 Å². The van der Waals surface area contributed by atoms with Crippen LogP contribution in [0.5, 0.6) is 5.75 Å². The topological polar surface area (TPSA) is 99.7 Å². The van der Waals surface area contributed by atoms with Crippen molar-refractivity contribution >= 4 is 58.0 Å². The average Bonchev–Trinajstić information content (AvgIpc) is 3.11. The molecule has 11 heteroatoms. The Hall–Kier alpha value is -4.34. The van der Waals surface area contributed by atoms with E-state index in [4.69, 9.17) is 32.9 Å². The Labute approximate surface area is 247 Å². The first-order chi connectivity index (χ1) is 19.9. The Balaban J connectivity index is 1.13. The van der Waals surface area contributed by atoms with Gasteiger partial charge in [-0.3, -0.25) is 9.59 Å². The molecular formula is C30H26Cl2N6O3. The van der Waals surface area contributed by atoms with Crippen molar-refractivity contribution in [3.63, 3.8) is 0 Å². The molecule has 208 valence electrons. The van der Waals surface area contributed by atoms with Crippen LogP contribution in [-0.2, 0) is 11.2 Å². The summed E-state index contributed by atoms with van der Waals surface area (Å²) in [6.45, 7) is 2.52. The van der Waals surface area contributed by atoms with Crippen LogP contribution in [-0.4, -0.2) is 60.0 Å². The van der Waals surface area contributed by atoms with Gasteiger partial charge >= 0.3 is 0 Å². The molecule has 0 saturated carbocycles. The second kappa shape index (κ2) is 11.3. The van der Waals surface area contributed by atoms with Crippen LogP contribution in [0.2, 0.25) is 10.0 Å². The quantitative estimate of drug-likeness (QED) is 0.310. The summed E-state index contributed by atoms with van der Waals surface area (Å²) < 4.78 is 5.49. The van der Waals surface area contributed by atoms with E-state index in [0.717, 1.165) is 28.3 Å². The van der Waals surface area contributed by atoms with Crippen molar-refractivity contribution in [2.24, 2.45) is 0 Å². The van der Waals surface area contributed by atoms with Gasteiger partial charge < -0.3 is 25.2 Å². The Bertz CT molecular complexity index is 1640. The van der Waals surface area contributed by atoms with Crippen molar-refractivity contribution in [2.45, 2.75) is 6.42 Å². The first kappa shape index (κ1) is 26.9. The van der Waals surface area contributed by atoms with E-state index in [-0.39, 0.29) is 18.2 Å². The predicted molar refractivity (Wildman–Crippen MR) is 161 cm³/mol. The number of carbonyl (C=O) groups excluding carboxylic acids is 2. The van der Waals surface area contributed by atoms with Crippen LogP contribution in [0.3, 0.4) is 0 Å². The number of methoxy groups -OCH3 is 1. The van der Waals surface area contributed by atoms with E-state index >= 15 is 0 Å². The van der Waals surface area contributed by atoms with Crippen LogP contribution in [0, 0.1) is 0 Å². The summed E-state index contributed by atoms with van der Waals surface area (Å²) in [6.07, 6.45) is 1.82. The van der Waals surface area contributed by atoms with Crippen molar-refractivity contribution < 1.29 is 14.3 Å². The summed E-state index contributed by atoms with van der Waals surface area (Å²) >= 11 is 12.3. The number of hydrogen-bond donors (Lipinski definition) is 2. The minimum atomic E-state index is -0.151. The fourth-order valence-electron chi connectivity index (χ4n) is 5.09. The van der Waals surface area contributed by atoms with E-state index < -0.39 is 0 Å². The number of anilines is 4. The highest BCUT2D eigenvalue weighted by molar-refractivity contribution is 6.31. The number of nitrogens with zero attached hydrogens (tertiary/aromatic N) is 4. The Morgan fingerprint density at radius 1 is 0.976 bits per heavy atom. The van der Waals surface area contributed by atoms with Crippen molar-refractivity contribution in [1.82, 2.24) is 14.9 Å². The van der Waals surface area contributed by atoms with E-state index in [0.29, 0.717) is 59.1 Å². The third kappa shape index (κ3) is 5.64. The van der Waals surface area contributed by atoms with Gasteiger partial charge in [0.05, 0.1) is 30.6 Å². The molecule has 3 heterocycles.